The minimum absolute atomic E-state index is 0.00443. The van der Waals surface area contributed by atoms with Gasteiger partial charge in [-0.3, -0.25) is 4.98 Å². The molecule has 2 bridgehead atoms. The predicted octanol–water partition coefficient (Wildman–Crippen LogP) is 5.36. The van der Waals surface area contributed by atoms with Gasteiger partial charge in [-0.2, -0.15) is 9.97 Å². The number of nitrogens with zero attached hydrogens (tertiary/aromatic N) is 5. The molecule has 3 fully saturated rings. The molecular weight excluding hydrogens is 531 g/mol. The third kappa shape index (κ3) is 5.83. The number of nitrogens with one attached hydrogen (secondary N) is 1. The number of likely N-dealkylation sites (tertiary alicyclic amines) is 1. The van der Waals surface area contributed by atoms with Crippen molar-refractivity contribution >= 4 is 27.5 Å². The quantitative estimate of drug-likeness (QED) is 0.319. The molecule has 0 spiro atoms. The van der Waals surface area contributed by atoms with Gasteiger partial charge >= 0.3 is 6.01 Å². The summed E-state index contributed by atoms with van der Waals surface area (Å²) in [6.45, 7) is 8.19. The number of halogens is 1. The molecule has 2 N–H and O–H groups in total. The molecule has 3 aliphatic rings. The van der Waals surface area contributed by atoms with Crippen molar-refractivity contribution in [2.75, 3.05) is 45.2 Å². The first kappa shape index (κ1) is 29.5. The van der Waals surface area contributed by atoms with Crippen molar-refractivity contribution in [3.63, 3.8) is 0 Å². The average molecular weight is 571 g/mol. The zero-order valence-electron chi connectivity index (χ0n) is 24.8. The van der Waals surface area contributed by atoms with Crippen molar-refractivity contribution in [1.82, 2.24) is 25.2 Å². The highest BCUT2D eigenvalue weighted by Gasteiger charge is 2.34. The van der Waals surface area contributed by atoms with Crippen LogP contribution in [0.5, 0.6) is 11.8 Å². The van der Waals surface area contributed by atoms with Gasteiger partial charge in [-0.1, -0.05) is 31.9 Å². The lowest BCUT2D eigenvalue weighted by Gasteiger charge is -2.34. The van der Waals surface area contributed by atoms with E-state index in [1.54, 1.807) is 24.4 Å². The van der Waals surface area contributed by atoms with E-state index in [0.717, 1.165) is 25.9 Å². The zero-order valence-corrected chi connectivity index (χ0v) is 24.8. The number of pyridine rings is 1. The molecule has 5 heterocycles. The fraction of sp³-hybridized carbons (Fsp3) is 0.424. The maximum absolute atomic E-state index is 16.1. The van der Waals surface area contributed by atoms with E-state index in [0.29, 0.717) is 45.2 Å². The Morgan fingerprint density at radius 1 is 1.10 bits per heavy atom. The first-order chi connectivity index (χ1) is 20.4. The van der Waals surface area contributed by atoms with Crippen molar-refractivity contribution in [3.05, 3.63) is 47.9 Å². The van der Waals surface area contributed by atoms with Crippen LogP contribution in [-0.2, 0) is 0 Å². The number of aromatic nitrogens is 3. The van der Waals surface area contributed by atoms with Crippen LogP contribution in [0.15, 0.2) is 36.5 Å². The predicted molar refractivity (Wildman–Crippen MR) is 167 cm³/mol. The van der Waals surface area contributed by atoms with E-state index >= 15 is 4.39 Å². The molecule has 2 unspecified atom stereocenters. The van der Waals surface area contributed by atoms with Gasteiger partial charge in [0.25, 0.3) is 0 Å². The lowest BCUT2D eigenvalue weighted by molar-refractivity contribution is 0.380. The van der Waals surface area contributed by atoms with Crippen LogP contribution in [0, 0.1) is 18.2 Å². The maximum atomic E-state index is 16.1. The average Bonchev–Trinajstić information content (AvgIpc) is 3.64. The van der Waals surface area contributed by atoms with Crippen LogP contribution >= 0.6 is 0 Å². The van der Waals surface area contributed by atoms with E-state index < -0.39 is 5.82 Å². The van der Waals surface area contributed by atoms with Gasteiger partial charge in [0.15, 0.2) is 5.82 Å². The topological polar surface area (TPSA) is 86.6 Å². The number of anilines is 1. The number of phenolic OH excluding ortho intramolecular Hbond substituents is 1. The molecule has 9 heteroatoms. The SMILES string of the molecule is C#Cc1cccc2cc(O)cc(-c3ncc4c(N5CC6CCC(C5)N6)nc(OC)nc4c3F)c12.CC.CN1CCCC1. The summed E-state index contributed by atoms with van der Waals surface area (Å²) >= 11 is 0. The number of hydrogen-bond acceptors (Lipinski definition) is 8. The van der Waals surface area contributed by atoms with Gasteiger partial charge in [0.05, 0.1) is 12.5 Å². The number of rotatable bonds is 3. The summed E-state index contributed by atoms with van der Waals surface area (Å²) in [5, 5.41) is 15.8. The molecule has 8 nitrogen and oxygen atoms in total. The van der Waals surface area contributed by atoms with Crippen LogP contribution in [-0.4, -0.2) is 77.4 Å². The fourth-order valence-electron chi connectivity index (χ4n) is 6.11. The van der Waals surface area contributed by atoms with Gasteiger partial charge in [-0.25, -0.2) is 4.39 Å². The summed E-state index contributed by atoms with van der Waals surface area (Å²) in [6, 6.07) is 9.34. The Bertz CT molecular complexity index is 1600. The van der Waals surface area contributed by atoms with Crippen molar-refractivity contribution in [2.45, 2.75) is 51.6 Å². The number of terminal acetylenes is 1. The summed E-state index contributed by atoms with van der Waals surface area (Å²) < 4.78 is 21.4. The highest BCUT2D eigenvalue weighted by molar-refractivity contribution is 6.02. The Hall–Kier alpha value is -4.00. The Kier molecular flexibility index (Phi) is 9.05. The molecule has 2 aromatic heterocycles. The monoisotopic (exact) mass is 570 g/mol. The molecule has 2 atom stereocenters. The molecule has 7 rings (SSSR count). The summed E-state index contributed by atoms with van der Waals surface area (Å²) in [5.41, 5.74) is 1.17. The molecule has 0 aliphatic carbocycles. The Balaban J connectivity index is 0.000000388. The van der Waals surface area contributed by atoms with Crippen LogP contribution in [0.4, 0.5) is 10.2 Å². The van der Waals surface area contributed by atoms with E-state index in [1.807, 2.05) is 19.9 Å². The lowest BCUT2D eigenvalue weighted by Crippen LogP contribution is -2.51. The summed E-state index contributed by atoms with van der Waals surface area (Å²) in [4.78, 5) is 17.9. The van der Waals surface area contributed by atoms with Crippen molar-refractivity contribution in [2.24, 2.45) is 0 Å². The van der Waals surface area contributed by atoms with Crippen LogP contribution in [0.1, 0.15) is 45.1 Å². The van der Waals surface area contributed by atoms with Crippen LogP contribution in [0.3, 0.4) is 0 Å². The maximum Gasteiger partial charge on any atom is 0.318 e. The van der Waals surface area contributed by atoms with Crippen LogP contribution in [0.2, 0.25) is 0 Å². The second-order valence-electron chi connectivity index (χ2n) is 10.8. The number of phenols is 1. The van der Waals surface area contributed by atoms with E-state index in [4.69, 9.17) is 11.2 Å². The first-order valence-corrected chi connectivity index (χ1v) is 14.8. The molecule has 220 valence electrons. The zero-order chi connectivity index (χ0) is 29.8. The van der Waals surface area contributed by atoms with Crippen molar-refractivity contribution in [1.29, 1.82) is 0 Å². The second-order valence-corrected chi connectivity index (χ2v) is 10.8. The van der Waals surface area contributed by atoms with Crippen molar-refractivity contribution in [3.8, 4) is 35.4 Å². The summed E-state index contributed by atoms with van der Waals surface area (Å²) in [6.07, 6.45) is 12.4. The molecule has 2 aromatic carbocycles. The molecular formula is C33H39FN6O2. The van der Waals surface area contributed by atoms with E-state index in [9.17, 15) is 5.11 Å². The standard InChI is InChI=1S/C26H22FN5O2.C5H11N.C2H6/c1-3-14-5-4-6-15-9-18(33)10-19(21(14)15)23-22(27)24-20(11-28-23)25(31-26(30-24)34-2)32-12-16-7-8-17(13-32)29-16;1-6-4-2-3-5-6;1-2/h1,4-6,9-11,16-17,29,33H,7-8,12-13H2,2H3;2-5H2,1H3;1-2H3. The van der Waals surface area contributed by atoms with Gasteiger partial charge in [0, 0.05) is 47.9 Å². The number of aromatic hydroxyl groups is 1. The Morgan fingerprint density at radius 2 is 1.81 bits per heavy atom. The molecule has 0 radical (unpaired) electrons. The van der Waals surface area contributed by atoms with Gasteiger partial charge in [-0.15, -0.1) is 6.42 Å². The molecule has 0 amide bonds. The van der Waals surface area contributed by atoms with Crippen molar-refractivity contribution < 1.29 is 14.2 Å². The lowest BCUT2D eigenvalue weighted by atomic mass is 9.96. The number of fused-ring (bicyclic) bond motifs is 4. The molecule has 42 heavy (non-hydrogen) atoms. The number of methoxy groups -OCH3 is 1. The van der Waals surface area contributed by atoms with Crippen LogP contribution in [0.25, 0.3) is 32.9 Å². The van der Waals surface area contributed by atoms with Gasteiger partial charge in [-0.05, 0) is 69.4 Å². The summed E-state index contributed by atoms with van der Waals surface area (Å²) in [7, 11) is 3.64. The highest BCUT2D eigenvalue weighted by atomic mass is 19.1. The normalized spacial score (nSPS) is 19.6. The van der Waals surface area contributed by atoms with E-state index in [2.05, 4.69) is 43.0 Å². The molecule has 3 saturated heterocycles. The highest BCUT2D eigenvalue weighted by Crippen LogP contribution is 2.38. The first-order valence-electron chi connectivity index (χ1n) is 14.8. The van der Waals surface area contributed by atoms with Gasteiger partial charge in [0.2, 0.25) is 0 Å². The minimum Gasteiger partial charge on any atom is -0.508 e. The third-order valence-corrected chi connectivity index (χ3v) is 8.04. The van der Waals surface area contributed by atoms with E-state index in [1.165, 1.54) is 39.1 Å². The number of ether oxygens (including phenoxy) is 1. The second kappa shape index (κ2) is 12.9. The smallest absolute Gasteiger partial charge is 0.318 e. The molecule has 4 aromatic rings. The van der Waals surface area contributed by atoms with E-state index in [-0.39, 0.29) is 23.0 Å². The number of hydrogen-bond donors (Lipinski definition) is 2. The number of piperazine rings is 1. The largest absolute Gasteiger partial charge is 0.508 e. The third-order valence-electron chi connectivity index (χ3n) is 8.04. The number of benzene rings is 2. The van der Waals surface area contributed by atoms with Crippen LogP contribution < -0.4 is 15.0 Å². The van der Waals surface area contributed by atoms with Gasteiger partial charge in [0.1, 0.15) is 22.8 Å². The molecule has 3 aliphatic heterocycles. The Labute approximate surface area is 246 Å². The fourth-order valence-corrected chi connectivity index (χ4v) is 6.11. The van der Waals surface area contributed by atoms with Gasteiger partial charge < -0.3 is 25.0 Å². The molecule has 0 saturated carbocycles. The summed E-state index contributed by atoms with van der Waals surface area (Å²) in [5.74, 6) is 2.65. The Morgan fingerprint density at radius 3 is 2.43 bits per heavy atom. The minimum atomic E-state index is -0.615.